The summed E-state index contributed by atoms with van der Waals surface area (Å²) in [6.07, 6.45) is 3.67. The van der Waals surface area contributed by atoms with Crippen LogP contribution in [0.1, 0.15) is 11.3 Å². The molecule has 0 atom stereocenters. The summed E-state index contributed by atoms with van der Waals surface area (Å²) in [5.74, 6) is 1.65. The van der Waals surface area contributed by atoms with Crippen LogP contribution in [0.2, 0.25) is 0 Å². The van der Waals surface area contributed by atoms with Crippen LogP contribution in [0.15, 0.2) is 30.7 Å². The molecule has 1 aromatic carbocycles. The van der Waals surface area contributed by atoms with Crippen LogP contribution in [0.5, 0.6) is 11.5 Å². The van der Waals surface area contributed by atoms with E-state index in [0.717, 1.165) is 30.3 Å². The molecule has 94 valence electrons. The molecule has 2 heterocycles. The topological polar surface area (TPSA) is 48.3 Å². The molecule has 18 heavy (non-hydrogen) atoms. The maximum Gasteiger partial charge on any atom is 0.231 e. The van der Waals surface area contributed by atoms with Crippen molar-refractivity contribution in [2.75, 3.05) is 6.79 Å². The van der Waals surface area contributed by atoms with Crippen LogP contribution >= 0.6 is 0 Å². The van der Waals surface area contributed by atoms with Crippen LogP contribution in [0, 0.1) is 0 Å². The monoisotopic (exact) mass is 245 g/mol. The van der Waals surface area contributed by atoms with Gasteiger partial charge >= 0.3 is 0 Å². The molecule has 0 radical (unpaired) electrons. The minimum atomic E-state index is 0.321. The van der Waals surface area contributed by atoms with Gasteiger partial charge in [0.2, 0.25) is 6.79 Å². The number of rotatable bonds is 4. The number of aromatic nitrogens is 2. The van der Waals surface area contributed by atoms with Gasteiger partial charge in [-0.3, -0.25) is 0 Å². The molecule has 1 aromatic heterocycles. The quantitative estimate of drug-likeness (QED) is 0.885. The van der Waals surface area contributed by atoms with Gasteiger partial charge in [-0.1, -0.05) is 6.07 Å². The standard InChI is InChI=1S/C13H15N3O2/c1-16-8-15-7-11(16)6-14-5-10-2-3-12-13(4-10)18-9-17-12/h2-4,7-8,14H,5-6,9H2,1H3. The van der Waals surface area contributed by atoms with Crippen LogP contribution in [-0.2, 0) is 20.1 Å². The average molecular weight is 245 g/mol. The lowest BCUT2D eigenvalue weighted by atomic mass is 10.2. The van der Waals surface area contributed by atoms with Gasteiger partial charge in [0.05, 0.1) is 12.0 Å². The van der Waals surface area contributed by atoms with Crippen molar-refractivity contribution in [1.82, 2.24) is 14.9 Å². The number of aryl methyl sites for hydroxylation is 1. The summed E-state index contributed by atoms with van der Waals surface area (Å²) in [5, 5.41) is 3.38. The Bertz CT molecular complexity index is 551. The van der Waals surface area contributed by atoms with Crippen LogP contribution in [0.25, 0.3) is 0 Å². The minimum absolute atomic E-state index is 0.321. The second-order valence-corrected chi connectivity index (χ2v) is 4.29. The smallest absolute Gasteiger partial charge is 0.231 e. The zero-order chi connectivity index (χ0) is 12.4. The molecule has 0 saturated carbocycles. The highest BCUT2D eigenvalue weighted by molar-refractivity contribution is 5.44. The zero-order valence-corrected chi connectivity index (χ0v) is 10.2. The van der Waals surface area contributed by atoms with E-state index in [9.17, 15) is 0 Å². The summed E-state index contributed by atoms with van der Waals surface area (Å²) in [4.78, 5) is 4.08. The number of fused-ring (bicyclic) bond motifs is 1. The SMILES string of the molecule is Cn1cncc1CNCc1ccc2c(c1)OCO2. The molecule has 0 spiro atoms. The zero-order valence-electron chi connectivity index (χ0n) is 10.2. The Morgan fingerprint density at radius 1 is 1.28 bits per heavy atom. The molecule has 5 heteroatoms. The van der Waals surface area contributed by atoms with Crippen molar-refractivity contribution in [2.45, 2.75) is 13.1 Å². The summed E-state index contributed by atoms with van der Waals surface area (Å²) in [7, 11) is 1.99. The maximum absolute atomic E-state index is 5.35. The van der Waals surface area contributed by atoms with Gasteiger partial charge in [-0.25, -0.2) is 4.98 Å². The predicted octanol–water partition coefficient (Wildman–Crippen LogP) is 1.44. The molecule has 2 aromatic rings. The van der Waals surface area contributed by atoms with E-state index in [4.69, 9.17) is 9.47 Å². The van der Waals surface area contributed by atoms with E-state index in [1.54, 1.807) is 6.33 Å². The molecule has 1 aliphatic rings. The summed E-state index contributed by atoms with van der Waals surface area (Å²) in [6, 6.07) is 6.01. The van der Waals surface area contributed by atoms with Gasteiger partial charge in [0.1, 0.15) is 0 Å². The number of nitrogens with zero attached hydrogens (tertiary/aromatic N) is 2. The molecular formula is C13H15N3O2. The van der Waals surface area contributed by atoms with Crippen LogP contribution in [0.3, 0.4) is 0 Å². The third kappa shape index (κ3) is 2.17. The summed E-state index contributed by atoms with van der Waals surface area (Å²) in [5.41, 5.74) is 2.34. The molecule has 0 aliphatic carbocycles. The van der Waals surface area contributed by atoms with Crippen molar-refractivity contribution < 1.29 is 9.47 Å². The first-order valence-corrected chi connectivity index (χ1v) is 5.87. The maximum atomic E-state index is 5.35. The first-order chi connectivity index (χ1) is 8.83. The number of hydrogen-bond donors (Lipinski definition) is 1. The Morgan fingerprint density at radius 2 is 2.17 bits per heavy atom. The number of ether oxygens (including phenoxy) is 2. The highest BCUT2D eigenvalue weighted by Crippen LogP contribution is 2.32. The van der Waals surface area contributed by atoms with Gasteiger partial charge in [0.25, 0.3) is 0 Å². The lowest BCUT2D eigenvalue weighted by Crippen LogP contribution is -2.14. The first-order valence-electron chi connectivity index (χ1n) is 5.87. The molecule has 3 rings (SSSR count). The van der Waals surface area contributed by atoms with Crippen molar-refractivity contribution in [3.8, 4) is 11.5 Å². The second-order valence-electron chi connectivity index (χ2n) is 4.29. The van der Waals surface area contributed by atoms with Gasteiger partial charge in [0, 0.05) is 26.3 Å². The van der Waals surface area contributed by atoms with Gasteiger partial charge in [-0.05, 0) is 17.7 Å². The molecule has 1 N–H and O–H groups in total. The van der Waals surface area contributed by atoms with E-state index in [1.807, 2.05) is 36.0 Å². The Balaban J connectivity index is 1.59. The fourth-order valence-corrected chi connectivity index (χ4v) is 1.94. The van der Waals surface area contributed by atoms with Crippen molar-refractivity contribution in [3.63, 3.8) is 0 Å². The fourth-order valence-electron chi connectivity index (χ4n) is 1.94. The van der Waals surface area contributed by atoms with Gasteiger partial charge < -0.3 is 19.4 Å². The molecule has 0 amide bonds. The molecular weight excluding hydrogens is 230 g/mol. The number of hydrogen-bond acceptors (Lipinski definition) is 4. The highest BCUT2D eigenvalue weighted by atomic mass is 16.7. The normalized spacial score (nSPS) is 12.9. The van der Waals surface area contributed by atoms with Crippen molar-refractivity contribution in [2.24, 2.45) is 7.05 Å². The predicted molar refractivity (Wildman–Crippen MR) is 66.3 cm³/mol. The highest BCUT2D eigenvalue weighted by Gasteiger charge is 2.12. The third-order valence-electron chi connectivity index (χ3n) is 2.99. The van der Waals surface area contributed by atoms with Crippen LogP contribution in [0.4, 0.5) is 0 Å². The lowest BCUT2D eigenvalue weighted by Gasteiger charge is -2.06. The van der Waals surface area contributed by atoms with E-state index in [-0.39, 0.29) is 0 Å². The van der Waals surface area contributed by atoms with Crippen LogP contribution in [-0.4, -0.2) is 16.3 Å². The van der Waals surface area contributed by atoms with Gasteiger partial charge in [-0.2, -0.15) is 0 Å². The van der Waals surface area contributed by atoms with Crippen molar-refractivity contribution >= 4 is 0 Å². The van der Waals surface area contributed by atoms with Gasteiger partial charge in [0.15, 0.2) is 11.5 Å². The number of benzene rings is 1. The summed E-state index contributed by atoms with van der Waals surface area (Å²) >= 11 is 0. The fraction of sp³-hybridized carbons (Fsp3) is 0.308. The molecule has 0 saturated heterocycles. The van der Waals surface area contributed by atoms with E-state index in [1.165, 1.54) is 5.56 Å². The number of nitrogens with one attached hydrogen (secondary N) is 1. The average Bonchev–Trinajstić information content (AvgIpc) is 2.98. The Labute approximate surface area is 105 Å². The molecule has 1 aliphatic heterocycles. The second kappa shape index (κ2) is 4.70. The molecule has 0 unspecified atom stereocenters. The largest absolute Gasteiger partial charge is 0.454 e. The van der Waals surface area contributed by atoms with E-state index in [0.29, 0.717) is 6.79 Å². The van der Waals surface area contributed by atoms with E-state index >= 15 is 0 Å². The van der Waals surface area contributed by atoms with Crippen LogP contribution < -0.4 is 14.8 Å². The molecule has 0 bridgehead atoms. The summed E-state index contributed by atoms with van der Waals surface area (Å²) in [6.45, 7) is 1.91. The number of imidazole rings is 1. The van der Waals surface area contributed by atoms with Gasteiger partial charge in [-0.15, -0.1) is 0 Å². The van der Waals surface area contributed by atoms with Crippen molar-refractivity contribution in [3.05, 3.63) is 42.0 Å². The Morgan fingerprint density at radius 3 is 3.00 bits per heavy atom. The summed E-state index contributed by atoms with van der Waals surface area (Å²) < 4.78 is 12.6. The Kier molecular flexibility index (Phi) is 2.90. The first kappa shape index (κ1) is 11.1. The molecule has 0 fully saturated rings. The lowest BCUT2D eigenvalue weighted by molar-refractivity contribution is 0.174. The van der Waals surface area contributed by atoms with E-state index in [2.05, 4.69) is 10.3 Å². The third-order valence-corrected chi connectivity index (χ3v) is 2.99. The van der Waals surface area contributed by atoms with Crippen molar-refractivity contribution in [1.29, 1.82) is 0 Å². The molecule has 5 nitrogen and oxygen atoms in total. The minimum Gasteiger partial charge on any atom is -0.454 e. The van der Waals surface area contributed by atoms with E-state index < -0.39 is 0 Å². The Hall–Kier alpha value is -2.01.